The lowest BCUT2D eigenvalue weighted by Crippen LogP contribution is -2.43. The molecule has 148 valence electrons. The number of hydrogen-bond acceptors (Lipinski definition) is 4. The summed E-state index contributed by atoms with van der Waals surface area (Å²) in [6, 6.07) is 8.05. The maximum Gasteiger partial charge on any atom is 0.191 e. The zero-order valence-corrected chi connectivity index (χ0v) is 17.6. The first-order chi connectivity index (χ1) is 12.1. The minimum atomic E-state index is -2.96. The van der Waals surface area contributed by atoms with Gasteiger partial charge in [-0.1, -0.05) is 26.0 Å². The molecule has 7 heteroatoms. The molecule has 0 heterocycles. The smallest absolute Gasteiger partial charge is 0.191 e. The molecule has 26 heavy (non-hydrogen) atoms. The summed E-state index contributed by atoms with van der Waals surface area (Å²) in [5.74, 6) is 1.70. The number of hydrogen-bond donors (Lipinski definition) is 2. The monoisotopic (exact) mass is 383 g/mol. The van der Waals surface area contributed by atoms with Gasteiger partial charge in [-0.15, -0.1) is 0 Å². The Balaban J connectivity index is 2.76. The van der Waals surface area contributed by atoms with E-state index in [0.717, 1.165) is 12.3 Å². The Labute approximate surface area is 158 Å². The van der Waals surface area contributed by atoms with Crippen LogP contribution in [0.4, 0.5) is 0 Å². The first-order valence-corrected chi connectivity index (χ1v) is 11.0. The summed E-state index contributed by atoms with van der Waals surface area (Å²) in [4.78, 5) is 4.70. The van der Waals surface area contributed by atoms with E-state index in [9.17, 15) is 8.42 Å². The maximum absolute atomic E-state index is 11.3. The molecule has 1 aromatic carbocycles. The minimum Gasteiger partial charge on any atom is -0.497 e. The van der Waals surface area contributed by atoms with Crippen molar-refractivity contribution in [3.05, 3.63) is 29.8 Å². The number of methoxy groups -OCH3 is 1. The van der Waals surface area contributed by atoms with Gasteiger partial charge in [0.1, 0.15) is 15.6 Å². The summed E-state index contributed by atoms with van der Waals surface area (Å²) in [5.41, 5.74) is 1.05. The summed E-state index contributed by atoms with van der Waals surface area (Å²) < 4.78 is 27.9. The molecule has 0 saturated carbocycles. The molecule has 1 atom stereocenters. The topological polar surface area (TPSA) is 79.8 Å². The van der Waals surface area contributed by atoms with E-state index in [1.807, 2.05) is 26.0 Å². The average Bonchev–Trinajstić information content (AvgIpc) is 2.57. The van der Waals surface area contributed by atoms with Crippen LogP contribution in [0, 0.1) is 0 Å². The van der Waals surface area contributed by atoms with Crippen molar-refractivity contribution in [3.8, 4) is 5.75 Å². The molecule has 0 amide bonds. The number of guanidine groups is 1. The highest BCUT2D eigenvalue weighted by atomic mass is 32.2. The van der Waals surface area contributed by atoms with Gasteiger partial charge in [0, 0.05) is 24.3 Å². The van der Waals surface area contributed by atoms with Gasteiger partial charge >= 0.3 is 0 Å². The number of sulfone groups is 1. The van der Waals surface area contributed by atoms with E-state index in [-0.39, 0.29) is 17.2 Å². The van der Waals surface area contributed by atoms with Crippen LogP contribution in [-0.2, 0) is 15.3 Å². The predicted octanol–water partition coefficient (Wildman–Crippen LogP) is 2.35. The van der Waals surface area contributed by atoms with E-state index in [4.69, 9.17) is 9.73 Å². The van der Waals surface area contributed by atoms with E-state index in [1.54, 1.807) is 7.11 Å². The Hall–Kier alpha value is -1.76. The highest BCUT2D eigenvalue weighted by Crippen LogP contribution is 2.25. The molecule has 0 aliphatic carbocycles. The molecular weight excluding hydrogens is 350 g/mol. The summed E-state index contributed by atoms with van der Waals surface area (Å²) in [5, 5.41) is 6.51. The largest absolute Gasteiger partial charge is 0.497 e. The van der Waals surface area contributed by atoms with Gasteiger partial charge in [0.15, 0.2) is 5.96 Å². The van der Waals surface area contributed by atoms with Crippen LogP contribution < -0.4 is 15.4 Å². The number of nitrogens with zero attached hydrogens (tertiary/aromatic N) is 1. The first-order valence-electron chi connectivity index (χ1n) is 8.94. The van der Waals surface area contributed by atoms with Crippen LogP contribution in [0.25, 0.3) is 0 Å². The zero-order valence-electron chi connectivity index (χ0n) is 16.8. The van der Waals surface area contributed by atoms with Gasteiger partial charge in [-0.25, -0.2) is 8.42 Å². The van der Waals surface area contributed by atoms with Crippen molar-refractivity contribution in [1.82, 2.24) is 10.6 Å². The lowest BCUT2D eigenvalue weighted by Gasteiger charge is -2.25. The molecule has 1 aromatic rings. The number of aliphatic imine (C=N–C) groups is 1. The van der Waals surface area contributed by atoms with Gasteiger partial charge in [0.2, 0.25) is 0 Å². The van der Waals surface area contributed by atoms with E-state index < -0.39 is 9.84 Å². The third-order valence-corrected chi connectivity index (χ3v) is 5.13. The van der Waals surface area contributed by atoms with Crippen LogP contribution in [0.1, 0.15) is 39.7 Å². The van der Waals surface area contributed by atoms with Crippen molar-refractivity contribution < 1.29 is 13.2 Å². The normalized spacial score (nSPS) is 14.0. The number of nitrogens with one attached hydrogen (secondary N) is 2. The van der Waals surface area contributed by atoms with Crippen LogP contribution in [0.15, 0.2) is 29.3 Å². The maximum atomic E-state index is 11.3. The highest BCUT2D eigenvalue weighted by Gasteiger charge is 2.21. The van der Waals surface area contributed by atoms with Crippen molar-refractivity contribution in [1.29, 1.82) is 0 Å². The fourth-order valence-corrected chi connectivity index (χ4v) is 3.21. The summed E-state index contributed by atoms with van der Waals surface area (Å²) in [7, 11) is -1.30. The van der Waals surface area contributed by atoms with Gasteiger partial charge in [-0.05, 0) is 38.0 Å². The van der Waals surface area contributed by atoms with Crippen molar-refractivity contribution in [2.75, 3.05) is 32.2 Å². The van der Waals surface area contributed by atoms with Crippen LogP contribution >= 0.6 is 0 Å². The SMILES string of the molecule is CCNC(=NCC(C)(C)c1ccc(OC)cc1)NC(C)CCS(C)(=O)=O. The van der Waals surface area contributed by atoms with E-state index in [2.05, 4.69) is 36.6 Å². The zero-order chi connectivity index (χ0) is 19.8. The van der Waals surface area contributed by atoms with Crippen molar-refractivity contribution in [2.24, 2.45) is 4.99 Å². The lowest BCUT2D eigenvalue weighted by molar-refractivity contribution is 0.414. The molecule has 0 saturated heterocycles. The predicted molar refractivity (Wildman–Crippen MR) is 109 cm³/mol. The molecule has 2 N–H and O–H groups in total. The number of ether oxygens (including phenoxy) is 1. The van der Waals surface area contributed by atoms with Gasteiger partial charge in [-0.2, -0.15) is 0 Å². The fraction of sp³-hybridized carbons (Fsp3) is 0.632. The Morgan fingerprint density at radius 2 is 1.88 bits per heavy atom. The Kier molecular flexibility index (Phi) is 8.40. The molecule has 6 nitrogen and oxygen atoms in total. The molecule has 0 aliphatic heterocycles. The van der Waals surface area contributed by atoms with E-state index in [1.165, 1.54) is 11.8 Å². The Morgan fingerprint density at radius 3 is 2.38 bits per heavy atom. The van der Waals surface area contributed by atoms with Crippen molar-refractivity contribution in [2.45, 2.75) is 45.6 Å². The molecule has 0 aromatic heterocycles. The fourth-order valence-electron chi connectivity index (χ4n) is 2.43. The molecule has 1 unspecified atom stereocenters. The number of benzene rings is 1. The Morgan fingerprint density at radius 1 is 1.27 bits per heavy atom. The van der Waals surface area contributed by atoms with E-state index in [0.29, 0.717) is 18.9 Å². The average molecular weight is 384 g/mol. The molecule has 1 rings (SSSR count). The minimum absolute atomic E-state index is 0.0200. The Bertz CT molecular complexity index is 682. The molecular formula is C19H33N3O3S. The highest BCUT2D eigenvalue weighted by molar-refractivity contribution is 7.90. The van der Waals surface area contributed by atoms with Crippen LogP contribution in [0.3, 0.4) is 0 Å². The van der Waals surface area contributed by atoms with E-state index >= 15 is 0 Å². The summed E-state index contributed by atoms with van der Waals surface area (Å²) in [6.07, 6.45) is 1.81. The molecule has 0 spiro atoms. The molecule has 0 aliphatic rings. The van der Waals surface area contributed by atoms with Crippen molar-refractivity contribution >= 4 is 15.8 Å². The second kappa shape index (κ2) is 9.80. The molecule has 0 bridgehead atoms. The summed E-state index contributed by atoms with van der Waals surface area (Å²) >= 11 is 0. The van der Waals surface area contributed by atoms with Crippen LogP contribution in [0.2, 0.25) is 0 Å². The molecule has 0 radical (unpaired) electrons. The van der Waals surface area contributed by atoms with Gasteiger partial charge in [0.25, 0.3) is 0 Å². The van der Waals surface area contributed by atoms with Crippen LogP contribution in [0.5, 0.6) is 5.75 Å². The van der Waals surface area contributed by atoms with Gasteiger partial charge in [0.05, 0.1) is 19.4 Å². The molecule has 0 fully saturated rings. The number of rotatable bonds is 9. The third-order valence-electron chi connectivity index (χ3n) is 4.15. The lowest BCUT2D eigenvalue weighted by atomic mass is 9.85. The quantitative estimate of drug-likeness (QED) is 0.505. The van der Waals surface area contributed by atoms with Crippen LogP contribution in [-0.4, -0.2) is 52.6 Å². The second-order valence-corrected chi connectivity index (χ2v) is 9.53. The second-order valence-electron chi connectivity index (χ2n) is 7.27. The first kappa shape index (κ1) is 22.3. The van der Waals surface area contributed by atoms with Gasteiger partial charge in [-0.3, -0.25) is 4.99 Å². The van der Waals surface area contributed by atoms with Gasteiger partial charge < -0.3 is 15.4 Å². The standard InChI is InChI=1S/C19H33N3O3S/c1-7-20-18(22-15(2)12-13-26(6,23)24)21-14-19(3,4)16-8-10-17(25-5)11-9-16/h8-11,15H,7,12-14H2,1-6H3,(H2,20,21,22). The summed E-state index contributed by atoms with van der Waals surface area (Å²) in [6.45, 7) is 9.62. The van der Waals surface area contributed by atoms with Crippen molar-refractivity contribution in [3.63, 3.8) is 0 Å². The third kappa shape index (κ3) is 8.08.